The van der Waals surface area contributed by atoms with Crippen LogP contribution in [0.2, 0.25) is 5.02 Å². The molecule has 0 spiro atoms. The van der Waals surface area contributed by atoms with Crippen LogP contribution in [0, 0.1) is 4.91 Å². The molecule has 2 heterocycles. The number of nitrogens with one attached hydrogen (secondary N) is 2. The zero-order valence-corrected chi connectivity index (χ0v) is 17.8. The molecule has 0 aliphatic heterocycles. The van der Waals surface area contributed by atoms with E-state index in [0.29, 0.717) is 38.1 Å². The van der Waals surface area contributed by atoms with Crippen LogP contribution in [0.4, 0.5) is 5.69 Å². The second-order valence-corrected chi connectivity index (χ2v) is 8.01. The third-order valence-electron chi connectivity index (χ3n) is 5.68. The van der Waals surface area contributed by atoms with Gasteiger partial charge in [-0.05, 0) is 47.1 Å². The zero-order valence-electron chi connectivity index (χ0n) is 17.0. The number of amides is 1. The minimum Gasteiger partial charge on any atom is -0.494 e. The summed E-state index contributed by atoms with van der Waals surface area (Å²) in [6.07, 6.45) is 0. The number of H-pyrrole nitrogens is 1. The predicted molar refractivity (Wildman–Crippen MR) is 126 cm³/mol. The molecule has 0 bridgehead atoms. The Hall–Kier alpha value is -4.14. The second kappa shape index (κ2) is 8.09. The molecule has 0 aliphatic carbocycles. The Morgan fingerprint density at radius 1 is 1.06 bits per heavy atom. The van der Waals surface area contributed by atoms with Gasteiger partial charge in [0.05, 0.1) is 23.3 Å². The molecule has 0 saturated carbocycles. The van der Waals surface area contributed by atoms with Crippen molar-refractivity contribution in [3.8, 4) is 17.1 Å². The summed E-state index contributed by atoms with van der Waals surface area (Å²) in [6, 6.07) is 19.2. The molecule has 164 valence electrons. The van der Waals surface area contributed by atoms with Gasteiger partial charge in [0.1, 0.15) is 5.69 Å². The summed E-state index contributed by atoms with van der Waals surface area (Å²) in [7, 11) is 0. The van der Waals surface area contributed by atoms with Crippen molar-refractivity contribution < 1.29 is 15.1 Å². The molecule has 33 heavy (non-hydrogen) atoms. The van der Waals surface area contributed by atoms with Crippen molar-refractivity contribution in [1.82, 2.24) is 15.0 Å². The highest BCUT2D eigenvalue weighted by molar-refractivity contribution is 6.31. The van der Waals surface area contributed by atoms with Crippen LogP contribution in [0.25, 0.3) is 33.1 Å². The minimum absolute atomic E-state index is 0.0547. The Morgan fingerprint density at radius 3 is 2.55 bits per heavy atom. The molecule has 0 saturated heterocycles. The number of hydroxylamine groups is 1. The number of nitroso groups, excluding NO2 is 1. The van der Waals surface area contributed by atoms with Crippen molar-refractivity contribution in [3.63, 3.8) is 0 Å². The largest absolute Gasteiger partial charge is 0.494 e. The summed E-state index contributed by atoms with van der Waals surface area (Å²) in [4.78, 5) is 26.6. The first-order valence-electron chi connectivity index (χ1n) is 10.0. The van der Waals surface area contributed by atoms with Gasteiger partial charge in [-0.3, -0.25) is 10.0 Å². The Morgan fingerprint density at radius 2 is 1.82 bits per heavy atom. The molecule has 0 atom stereocenters. The molecular formula is C24H17ClN4O4. The molecule has 0 unspecified atom stereocenters. The number of nitrogens with zero attached hydrogens (tertiary/aromatic N) is 2. The number of carbonyl (C=O) groups excluding carboxylic acids is 1. The van der Waals surface area contributed by atoms with E-state index in [9.17, 15) is 14.8 Å². The van der Waals surface area contributed by atoms with Gasteiger partial charge < -0.3 is 14.7 Å². The van der Waals surface area contributed by atoms with Gasteiger partial charge in [0.15, 0.2) is 0 Å². The molecule has 0 radical (unpaired) electrons. The van der Waals surface area contributed by atoms with E-state index in [2.05, 4.69) is 10.2 Å². The van der Waals surface area contributed by atoms with Gasteiger partial charge in [0.2, 0.25) is 5.88 Å². The number of benzene rings is 3. The second-order valence-electron chi connectivity index (χ2n) is 7.57. The highest BCUT2D eigenvalue weighted by atomic mass is 35.5. The molecule has 5 aromatic rings. The Bertz CT molecular complexity index is 1540. The Kier molecular flexibility index (Phi) is 5.08. The lowest BCUT2D eigenvalue weighted by molar-refractivity contribution is 0.0706. The van der Waals surface area contributed by atoms with E-state index in [1.165, 1.54) is 0 Å². The lowest BCUT2D eigenvalue weighted by Crippen LogP contribution is -2.18. The Balaban J connectivity index is 1.69. The first-order valence-corrected chi connectivity index (χ1v) is 10.4. The van der Waals surface area contributed by atoms with Gasteiger partial charge in [-0.15, -0.1) is 4.91 Å². The SMILES string of the molecule is O=Nc1c(-c2c(O)n(Cc3ccc(C(=O)NO)cc3)c3ccc(Cl)cc23)[nH]c2ccccc12. The van der Waals surface area contributed by atoms with E-state index < -0.39 is 5.91 Å². The molecule has 0 fully saturated rings. The number of aromatic nitrogens is 2. The van der Waals surface area contributed by atoms with Crippen LogP contribution in [0.5, 0.6) is 5.88 Å². The number of aromatic amines is 1. The third kappa shape index (κ3) is 3.42. The summed E-state index contributed by atoms with van der Waals surface area (Å²) >= 11 is 6.27. The summed E-state index contributed by atoms with van der Waals surface area (Å²) in [5, 5.41) is 25.1. The van der Waals surface area contributed by atoms with Gasteiger partial charge in [-0.25, -0.2) is 5.48 Å². The van der Waals surface area contributed by atoms with Crippen LogP contribution in [0.1, 0.15) is 15.9 Å². The van der Waals surface area contributed by atoms with Gasteiger partial charge in [-0.1, -0.05) is 41.9 Å². The molecule has 0 aliphatic rings. The van der Waals surface area contributed by atoms with E-state index in [1.807, 2.05) is 18.2 Å². The number of para-hydroxylation sites is 1. The van der Waals surface area contributed by atoms with Gasteiger partial charge in [0, 0.05) is 26.9 Å². The monoisotopic (exact) mass is 460 g/mol. The van der Waals surface area contributed by atoms with Crippen LogP contribution in [-0.4, -0.2) is 25.8 Å². The summed E-state index contributed by atoms with van der Waals surface area (Å²) < 4.78 is 1.70. The van der Waals surface area contributed by atoms with Crippen molar-refractivity contribution in [2.45, 2.75) is 6.54 Å². The maximum absolute atomic E-state index is 11.8. The van der Waals surface area contributed by atoms with Crippen LogP contribution in [0.15, 0.2) is 71.9 Å². The van der Waals surface area contributed by atoms with Gasteiger partial charge >= 0.3 is 0 Å². The lowest BCUT2D eigenvalue weighted by Gasteiger charge is -2.08. The predicted octanol–water partition coefficient (Wildman–Crippen LogP) is 5.71. The van der Waals surface area contributed by atoms with Crippen LogP contribution in [0.3, 0.4) is 0 Å². The average molecular weight is 461 g/mol. The first kappa shape index (κ1) is 20.7. The molecule has 2 aromatic heterocycles. The molecule has 8 nitrogen and oxygen atoms in total. The van der Waals surface area contributed by atoms with Crippen molar-refractivity contribution >= 4 is 45.0 Å². The number of aromatic hydroxyl groups is 1. The first-order chi connectivity index (χ1) is 16.0. The van der Waals surface area contributed by atoms with E-state index in [1.54, 1.807) is 58.6 Å². The molecule has 5 rings (SSSR count). The van der Waals surface area contributed by atoms with E-state index in [0.717, 1.165) is 11.1 Å². The highest BCUT2D eigenvalue weighted by Crippen LogP contribution is 2.46. The normalized spacial score (nSPS) is 11.2. The van der Waals surface area contributed by atoms with Crippen molar-refractivity contribution in [2.75, 3.05) is 0 Å². The van der Waals surface area contributed by atoms with E-state index in [-0.39, 0.29) is 18.1 Å². The number of rotatable bonds is 5. The zero-order chi connectivity index (χ0) is 23.1. The maximum atomic E-state index is 11.8. The highest BCUT2D eigenvalue weighted by Gasteiger charge is 2.24. The van der Waals surface area contributed by atoms with Crippen LogP contribution >= 0.6 is 11.6 Å². The summed E-state index contributed by atoms with van der Waals surface area (Å²) in [5.74, 6) is -0.665. The summed E-state index contributed by atoms with van der Waals surface area (Å²) in [5.41, 5.74) is 5.18. The fourth-order valence-corrected chi connectivity index (χ4v) is 4.30. The van der Waals surface area contributed by atoms with E-state index in [4.69, 9.17) is 16.8 Å². The molecular weight excluding hydrogens is 444 g/mol. The summed E-state index contributed by atoms with van der Waals surface area (Å²) in [6.45, 7) is 0.287. The standard InChI is InChI=1S/C24H17ClN4O4/c25-15-9-10-19-17(11-15)20(22-21(27-32)16-3-1-2-4-18(16)26-22)24(31)29(19)12-13-5-7-14(8-6-13)23(30)28-33/h1-11,26,31,33H,12H2,(H,28,30). The fourth-order valence-electron chi connectivity index (χ4n) is 4.13. The number of hydrogen-bond acceptors (Lipinski definition) is 5. The number of fused-ring (bicyclic) bond motifs is 2. The number of carbonyl (C=O) groups is 1. The van der Waals surface area contributed by atoms with E-state index >= 15 is 0 Å². The Labute approximate surface area is 192 Å². The van der Waals surface area contributed by atoms with Gasteiger partial charge in [-0.2, -0.15) is 0 Å². The minimum atomic E-state index is -0.611. The average Bonchev–Trinajstić information content (AvgIpc) is 3.33. The van der Waals surface area contributed by atoms with Crippen molar-refractivity contribution in [3.05, 3.63) is 87.8 Å². The fraction of sp³-hybridized carbons (Fsp3) is 0.0417. The molecule has 3 aromatic carbocycles. The van der Waals surface area contributed by atoms with Gasteiger partial charge in [0.25, 0.3) is 5.91 Å². The molecule has 9 heteroatoms. The molecule has 4 N–H and O–H groups in total. The lowest BCUT2D eigenvalue weighted by atomic mass is 10.1. The quantitative estimate of drug-likeness (QED) is 0.152. The van der Waals surface area contributed by atoms with Crippen molar-refractivity contribution in [2.24, 2.45) is 5.18 Å². The van der Waals surface area contributed by atoms with Crippen LogP contribution < -0.4 is 5.48 Å². The maximum Gasteiger partial charge on any atom is 0.274 e. The smallest absolute Gasteiger partial charge is 0.274 e. The van der Waals surface area contributed by atoms with Crippen molar-refractivity contribution in [1.29, 1.82) is 0 Å². The molecule has 1 amide bonds. The topological polar surface area (TPSA) is 120 Å². The third-order valence-corrected chi connectivity index (χ3v) is 5.91. The number of halogens is 1. The number of hydrogen-bond donors (Lipinski definition) is 4. The van der Waals surface area contributed by atoms with Crippen LogP contribution in [-0.2, 0) is 6.54 Å².